The van der Waals surface area contributed by atoms with E-state index in [4.69, 9.17) is 9.94 Å². The fourth-order valence-electron chi connectivity index (χ4n) is 3.27. The van der Waals surface area contributed by atoms with Gasteiger partial charge in [0.15, 0.2) is 14.6 Å². The number of fused-ring (bicyclic) bond motifs is 1. The Kier molecular flexibility index (Phi) is 6.14. The summed E-state index contributed by atoms with van der Waals surface area (Å²) in [6.07, 6.45) is 3.93. The van der Waals surface area contributed by atoms with E-state index in [2.05, 4.69) is 4.98 Å². The second-order valence-corrected chi connectivity index (χ2v) is 9.83. The Hall–Kier alpha value is -3.24. The van der Waals surface area contributed by atoms with Crippen molar-refractivity contribution in [1.29, 1.82) is 0 Å². The average Bonchev–Trinajstić information content (AvgIpc) is 2.75. The van der Waals surface area contributed by atoms with Crippen LogP contribution in [0, 0.1) is 0 Å². The van der Waals surface area contributed by atoms with Crippen LogP contribution in [0.4, 0.5) is 0 Å². The first-order valence-corrected chi connectivity index (χ1v) is 11.3. The third-order valence-corrected chi connectivity index (χ3v) is 7.51. The first-order chi connectivity index (χ1) is 14.6. The number of hydroxylamine groups is 1. The number of benzene rings is 1. The molecule has 2 N–H and O–H groups in total. The molecule has 1 aromatic carbocycles. The van der Waals surface area contributed by atoms with Crippen molar-refractivity contribution in [2.24, 2.45) is 0 Å². The largest absolute Gasteiger partial charge is 0.496 e. The molecule has 0 bridgehead atoms. The molecular weight excluding hydrogens is 422 g/mol. The van der Waals surface area contributed by atoms with Crippen LogP contribution in [0.1, 0.15) is 13.3 Å². The van der Waals surface area contributed by atoms with Gasteiger partial charge in [0, 0.05) is 36.6 Å². The van der Waals surface area contributed by atoms with E-state index in [9.17, 15) is 18.0 Å². The highest BCUT2D eigenvalue weighted by Crippen LogP contribution is 2.29. The molecule has 2 heterocycles. The zero-order valence-corrected chi connectivity index (χ0v) is 18.1. The van der Waals surface area contributed by atoms with E-state index in [0.717, 1.165) is 22.7 Å². The quantitative estimate of drug-likeness (QED) is 0.419. The number of carbonyl (C=O) groups is 1. The first kappa shape index (κ1) is 22.4. The molecule has 9 nitrogen and oxygen atoms in total. The number of aryl methyl sites for hydroxylation is 1. The zero-order chi connectivity index (χ0) is 22.8. The molecule has 31 heavy (non-hydrogen) atoms. The minimum Gasteiger partial charge on any atom is -0.496 e. The minimum atomic E-state index is -3.84. The summed E-state index contributed by atoms with van der Waals surface area (Å²) in [4.78, 5) is 28.9. The van der Waals surface area contributed by atoms with Crippen LogP contribution in [0.25, 0.3) is 22.0 Å². The standard InChI is InChI=1S/C21H23N3O6S/c1-21(20(26)23-27,31(3,28)29)8-11-24-10-7-15(13-19(24)25)14-4-5-17-16(12-14)18(30-2)6-9-22-17/h4-7,9-10,12-13,27H,8,11H2,1-3H3,(H,23,26). The van der Waals surface area contributed by atoms with Gasteiger partial charge in [-0.15, -0.1) is 0 Å². The zero-order valence-electron chi connectivity index (χ0n) is 17.3. The molecule has 164 valence electrons. The number of methoxy groups -OCH3 is 1. The van der Waals surface area contributed by atoms with Crippen molar-refractivity contribution >= 4 is 26.6 Å². The van der Waals surface area contributed by atoms with Crippen LogP contribution in [0.15, 0.2) is 53.6 Å². The molecule has 0 radical (unpaired) electrons. The van der Waals surface area contributed by atoms with Gasteiger partial charge in [0.25, 0.3) is 11.5 Å². The summed E-state index contributed by atoms with van der Waals surface area (Å²) in [5.41, 5.74) is 3.28. The summed E-state index contributed by atoms with van der Waals surface area (Å²) in [6, 6.07) is 10.5. The van der Waals surface area contributed by atoms with Crippen molar-refractivity contribution in [3.8, 4) is 16.9 Å². The van der Waals surface area contributed by atoms with Crippen molar-refractivity contribution in [2.75, 3.05) is 13.4 Å². The van der Waals surface area contributed by atoms with Crippen LogP contribution >= 0.6 is 0 Å². The summed E-state index contributed by atoms with van der Waals surface area (Å²) in [7, 11) is -2.27. The number of sulfone groups is 1. The number of hydrogen-bond acceptors (Lipinski definition) is 7. The lowest BCUT2D eigenvalue weighted by atomic mass is 10.0. The molecule has 0 saturated heterocycles. The monoisotopic (exact) mass is 445 g/mol. The van der Waals surface area contributed by atoms with Gasteiger partial charge in [-0.25, -0.2) is 13.9 Å². The molecule has 0 aliphatic rings. The average molecular weight is 445 g/mol. The fraction of sp³-hybridized carbons (Fsp3) is 0.286. The van der Waals surface area contributed by atoms with Gasteiger partial charge in [-0.3, -0.25) is 19.8 Å². The SMILES string of the molecule is COc1ccnc2ccc(-c3ccn(CCC(C)(C(=O)NO)S(C)(=O)=O)c(=O)c3)cc12. The second-order valence-electron chi connectivity index (χ2n) is 7.39. The van der Waals surface area contributed by atoms with E-state index < -0.39 is 20.5 Å². The summed E-state index contributed by atoms with van der Waals surface area (Å²) >= 11 is 0. The van der Waals surface area contributed by atoms with Gasteiger partial charge < -0.3 is 9.30 Å². The van der Waals surface area contributed by atoms with Gasteiger partial charge >= 0.3 is 0 Å². The molecule has 1 atom stereocenters. The van der Waals surface area contributed by atoms with E-state index >= 15 is 0 Å². The van der Waals surface area contributed by atoms with E-state index in [0.29, 0.717) is 11.3 Å². The highest BCUT2D eigenvalue weighted by atomic mass is 32.2. The van der Waals surface area contributed by atoms with E-state index in [1.807, 2.05) is 18.2 Å². The molecule has 1 unspecified atom stereocenters. The molecule has 0 spiro atoms. The lowest BCUT2D eigenvalue weighted by molar-refractivity contribution is -0.131. The highest BCUT2D eigenvalue weighted by molar-refractivity contribution is 7.92. The highest BCUT2D eigenvalue weighted by Gasteiger charge is 2.43. The molecule has 3 aromatic rings. The number of ether oxygens (including phenoxy) is 1. The maximum Gasteiger partial charge on any atom is 0.264 e. The van der Waals surface area contributed by atoms with Gasteiger partial charge in [-0.2, -0.15) is 0 Å². The normalized spacial score (nSPS) is 13.5. The molecule has 0 aliphatic heterocycles. The Bertz CT molecular complexity index is 1300. The van der Waals surface area contributed by atoms with Crippen molar-refractivity contribution in [2.45, 2.75) is 24.6 Å². The summed E-state index contributed by atoms with van der Waals surface area (Å²) < 4.78 is 29.0. The topological polar surface area (TPSA) is 128 Å². The Labute approximate surface area is 179 Å². The Morgan fingerprint density at radius 1 is 1.23 bits per heavy atom. The van der Waals surface area contributed by atoms with Gasteiger partial charge in [-0.05, 0) is 48.7 Å². The van der Waals surface area contributed by atoms with Crippen molar-refractivity contribution < 1.29 is 23.2 Å². The van der Waals surface area contributed by atoms with Crippen LogP contribution in [0.5, 0.6) is 5.75 Å². The third-order valence-electron chi connectivity index (χ3n) is 5.48. The van der Waals surface area contributed by atoms with Crippen molar-refractivity contribution in [1.82, 2.24) is 15.0 Å². The maximum absolute atomic E-state index is 12.6. The Morgan fingerprint density at radius 3 is 2.55 bits per heavy atom. The smallest absolute Gasteiger partial charge is 0.264 e. The number of nitrogens with one attached hydrogen (secondary N) is 1. The lowest BCUT2D eigenvalue weighted by Gasteiger charge is -2.25. The predicted octanol–water partition coefficient (Wildman–Crippen LogP) is 1.77. The first-order valence-electron chi connectivity index (χ1n) is 9.38. The molecule has 0 aliphatic carbocycles. The van der Waals surface area contributed by atoms with E-state index in [1.54, 1.807) is 31.6 Å². The van der Waals surface area contributed by atoms with Gasteiger partial charge in [0.05, 0.1) is 12.6 Å². The van der Waals surface area contributed by atoms with E-state index in [1.165, 1.54) is 23.0 Å². The third kappa shape index (κ3) is 4.30. The molecule has 2 aromatic heterocycles. The Balaban J connectivity index is 1.91. The van der Waals surface area contributed by atoms with Crippen LogP contribution in [0.2, 0.25) is 0 Å². The minimum absolute atomic E-state index is 0.0223. The maximum atomic E-state index is 12.6. The predicted molar refractivity (Wildman–Crippen MR) is 116 cm³/mol. The number of nitrogens with zero attached hydrogens (tertiary/aromatic N) is 2. The number of carbonyl (C=O) groups excluding carboxylic acids is 1. The van der Waals surface area contributed by atoms with Gasteiger partial charge in [0.2, 0.25) is 0 Å². The van der Waals surface area contributed by atoms with Crippen molar-refractivity contribution in [3.05, 3.63) is 59.1 Å². The van der Waals surface area contributed by atoms with Crippen LogP contribution < -0.4 is 15.8 Å². The molecule has 3 rings (SSSR count). The number of amides is 1. The summed E-state index contributed by atoms with van der Waals surface area (Å²) in [5.74, 6) is -0.374. The summed E-state index contributed by atoms with van der Waals surface area (Å²) in [6.45, 7) is 1.19. The summed E-state index contributed by atoms with van der Waals surface area (Å²) in [5, 5.41) is 9.73. The van der Waals surface area contributed by atoms with Gasteiger partial charge in [0.1, 0.15) is 5.75 Å². The van der Waals surface area contributed by atoms with Gasteiger partial charge in [-0.1, -0.05) is 6.07 Å². The van der Waals surface area contributed by atoms with Crippen LogP contribution in [-0.2, 0) is 21.2 Å². The van der Waals surface area contributed by atoms with Crippen LogP contribution in [0.3, 0.4) is 0 Å². The molecule has 0 saturated carbocycles. The van der Waals surface area contributed by atoms with E-state index in [-0.39, 0.29) is 18.5 Å². The molecule has 1 amide bonds. The fourth-order valence-corrected chi connectivity index (χ4v) is 4.11. The van der Waals surface area contributed by atoms with Crippen molar-refractivity contribution in [3.63, 3.8) is 0 Å². The number of hydrogen-bond donors (Lipinski definition) is 2. The lowest BCUT2D eigenvalue weighted by Crippen LogP contribution is -2.49. The number of rotatable bonds is 7. The second kappa shape index (κ2) is 8.48. The van der Waals surface area contributed by atoms with Crippen LogP contribution in [-0.4, -0.2) is 47.2 Å². The Morgan fingerprint density at radius 2 is 1.94 bits per heavy atom. The molecule has 0 fully saturated rings. The molecule has 10 heteroatoms. The number of pyridine rings is 2. The number of aromatic nitrogens is 2. The molecular formula is C21H23N3O6S.